The van der Waals surface area contributed by atoms with E-state index in [1.165, 1.54) is 200 Å². The maximum absolute atomic E-state index is 5.16. The number of pyridine rings is 12. The molecule has 648 valence electrons. The molecule has 140 heavy (non-hydrogen) atoms. The molecule has 0 saturated carbocycles. The highest BCUT2D eigenvalue weighted by molar-refractivity contribution is 6.20. The van der Waals surface area contributed by atoms with Crippen molar-refractivity contribution >= 4 is 154 Å². The van der Waals surface area contributed by atoms with E-state index in [2.05, 4.69) is 290 Å². The predicted octanol–water partition coefficient (Wildman–Crippen LogP) is 26.9. The van der Waals surface area contributed by atoms with Gasteiger partial charge in [0.1, 0.15) is 22.5 Å². The van der Waals surface area contributed by atoms with Gasteiger partial charge in [-0.05, 0) is 340 Å². The summed E-state index contributed by atoms with van der Waals surface area (Å²) in [6.07, 6.45) is 34.4. The highest BCUT2D eigenvalue weighted by atomic mass is 15.1. The third-order valence-corrected chi connectivity index (χ3v) is 31.8. The molecule has 0 aliphatic heterocycles. The second kappa shape index (κ2) is 27.7. The van der Waals surface area contributed by atoms with Gasteiger partial charge in [0, 0.05) is 157 Å². The molecule has 16 aromatic heterocycles. The van der Waals surface area contributed by atoms with Crippen LogP contribution in [0.2, 0.25) is 0 Å². The molecule has 8 aliphatic rings. The van der Waals surface area contributed by atoms with Gasteiger partial charge >= 0.3 is 0 Å². The first-order valence-electron chi connectivity index (χ1n) is 48.1. The number of aromatic nitrogens is 16. The lowest BCUT2D eigenvalue weighted by Crippen LogP contribution is -1.95. The van der Waals surface area contributed by atoms with E-state index in [1.54, 1.807) is 0 Å². The molecule has 0 spiro atoms. The summed E-state index contributed by atoms with van der Waals surface area (Å²) in [5, 5.41) is 10.9. The van der Waals surface area contributed by atoms with Gasteiger partial charge in [-0.3, -0.25) is 57.5 Å². The van der Waals surface area contributed by atoms with E-state index >= 15 is 0 Å². The molecular formula is C124H72N16. The zero-order valence-corrected chi connectivity index (χ0v) is 75.1. The van der Waals surface area contributed by atoms with Gasteiger partial charge in [-0.15, -0.1) is 0 Å². The molecule has 0 fully saturated rings. The number of fused-ring (bicyclic) bond motifs is 60. The van der Waals surface area contributed by atoms with Crippen molar-refractivity contribution in [2.45, 2.75) is 51.4 Å². The Balaban J connectivity index is 0.0000000829. The SMILES string of the molecule is c1ccc2c(c1)Cc1cc3c(cc1-2)Cc1ccc2nc4c5cccnc5c5cnccc5n4c2c1-3.c1ccc2c(c1)Cc1cc3c(cc1-2)Cc1ccc2nc4c5ccncc5c5cnccc5n4c2c1-3.c1ccc2c(c1)Cc1cc3c(cc1-2)Cc1ccc2nc4c5cnccc5c5cnccc5n4c2c1-3.c1ccc2c(c1)Cc1cc3c(cc1-2)Cc1ccc2nc4c5ncccc5c5cnccc5n4c2c1-3. The fourth-order valence-electron chi connectivity index (χ4n) is 25.9. The van der Waals surface area contributed by atoms with E-state index in [-0.39, 0.29) is 0 Å². The quantitative estimate of drug-likeness (QED) is 0.132. The first-order chi connectivity index (χ1) is 69.4. The number of hydrogen-bond donors (Lipinski definition) is 0. The molecule has 16 heteroatoms. The first kappa shape index (κ1) is 75.1. The van der Waals surface area contributed by atoms with Crippen molar-refractivity contribution in [1.82, 2.24) is 77.4 Å². The summed E-state index contributed by atoms with van der Waals surface area (Å²) in [7, 11) is 0. The van der Waals surface area contributed by atoms with Crippen molar-refractivity contribution in [3.05, 3.63) is 431 Å². The van der Waals surface area contributed by atoms with Gasteiger partial charge in [0.05, 0.1) is 71.7 Å². The van der Waals surface area contributed by atoms with Crippen molar-refractivity contribution in [1.29, 1.82) is 0 Å². The Morgan fingerprint density at radius 1 is 0.171 bits per heavy atom. The Morgan fingerprint density at radius 2 is 0.457 bits per heavy atom. The highest BCUT2D eigenvalue weighted by Crippen LogP contribution is 2.55. The fraction of sp³-hybridized carbons (Fsp3) is 0.0645. The summed E-state index contributed by atoms with van der Waals surface area (Å²) in [5.74, 6) is 0. The molecule has 28 aromatic rings. The second-order valence-electron chi connectivity index (χ2n) is 38.9. The lowest BCUT2D eigenvalue weighted by molar-refractivity contribution is 1.24. The Kier molecular flexibility index (Phi) is 14.9. The van der Waals surface area contributed by atoms with Crippen LogP contribution in [0.15, 0.2) is 342 Å². The van der Waals surface area contributed by atoms with Gasteiger partial charge < -0.3 is 0 Å². The van der Waals surface area contributed by atoms with Gasteiger partial charge in [0.25, 0.3) is 0 Å². The molecule has 16 nitrogen and oxygen atoms in total. The molecule has 0 N–H and O–H groups in total. The van der Waals surface area contributed by atoms with Gasteiger partial charge in [-0.25, -0.2) is 19.9 Å². The van der Waals surface area contributed by atoms with E-state index in [4.69, 9.17) is 29.9 Å². The molecule has 12 aromatic carbocycles. The normalized spacial score (nSPS) is 13.5. The van der Waals surface area contributed by atoms with E-state index in [0.29, 0.717) is 0 Å². The van der Waals surface area contributed by atoms with Gasteiger partial charge in [-0.1, -0.05) is 127 Å². The highest BCUT2D eigenvalue weighted by Gasteiger charge is 2.36. The van der Waals surface area contributed by atoms with Crippen LogP contribution in [0.3, 0.4) is 0 Å². The second-order valence-corrected chi connectivity index (χ2v) is 38.9. The third-order valence-electron chi connectivity index (χ3n) is 31.8. The fourth-order valence-corrected chi connectivity index (χ4v) is 25.9. The summed E-state index contributed by atoms with van der Waals surface area (Å²) in [5.41, 5.74) is 63.4. The van der Waals surface area contributed by atoms with Crippen LogP contribution in [0.25, 0.3) is 243 Å². The standard InChI is InChI=1S/4C31H18N4/c1-2-5-21-17(4-1)12-19-15-24-20(14-23(19)21)13-18-7-8-26-30(28(18)24)35-27-9-11-32-16-25(27)29-22(31(35)34-26)6-3-10-33-29;1-2-5-21-17(4-1)12-19-15-24-20(14-23(19)21)13-18-7-8-26-30(28(18)24)35-27-9-11-32-16-25(27)22-6-3-10-33-29(22)31(35)34-26;1-2-4-21-17(3-1)11-19-14-24-20(13-23(19)21)12-18-5-6-27-30(29(18)24)35-28-8-10-33-16-26(28)25-15-32-9-7-22(25)31(35)34-27;1-2-4-21-17(3-1)11-19-14-24-20(13-23(19)21)12-18-5-6-27-30(29(18)24)35-28-8-10-33-15-25(28)22-7-9-32-16-26(22)31(35)34-27/h2*1-11,14-16H,12-13H2;2*1-10,13-16H,11-12H2. The van der Waals surface area contributed by atoms with Crippen LogP contribution < -0.4 is 0 Å². The molecule has 0 amide bonds. The number of benzene rings is 12. The zero-order chi connectivity index (χ0) is 90.7. The first-order valence-corrected chi connectivity index (χ1v) is 48.1. The summed E-state index contributed by atoms with van der Waals surface area (Å²) < 4.78 is 9.35. The largest absolute Gasteiger partial charge is 0.291 e. The van der Waals surface area contributed by atoms with Gasteiger partial charge in [0.2, 0.25) is 0 Å². The van der Waals surface area contributed by atoms with Crippen LogP contribution >= 0.6 is 0 Å². The van der Waals surface area contributed by atoms with Crippen molar-refractivity contribution in [2.75, 3.05) is 0 Å². The van der Waals surface area contributed by atoms with Crippen molar-refractivity contribution in [2.24, 2.45) is 0 Å². The molecular weight excluding hydrogens is 1710 g/mol. The Labute approximate surface area is 796 Å². The van der Waals surface area contributed by atoms with E-state index in [0.717, 1.165) is 183 Å². The number of imidazole rings is 4. The smallest absolute Gasteiger partial charge is 0.165 e. The van der Waals surface area contributed by atoms with E-state index in [9.17, 15) is 0 Å². The van der Waals surface area contributed by atoms with Crippen LogP contribution in [0.5, 0.6) is 0 Å². The van der Waals surface area contributed by atoms with Crippen molar-refractivity contribution in [3.63, 3.8) is 0 Å². The van der Waals surface area contributed by atoms with Gasteiger partial charge in [0.15, 0.2) is 5.65 Å². The lowest BCUT2D eigenvalue weighted by atomic mass is 9.97. The molecule has 0 saturated heterocycles. The minimum Gasteiger partial charge on any atom is -0.291 e. The summed E-state index contributed by atoms with van der Waals surface area (Å²) in [6, 6.07) is 93.4. The Bertz CT molecular complexity index is 9460. The number of hydrogen-bond acceptors (Lipinski definition) is 12. The van der Waals surface area contributed by atoms with Crippen LogP contribution in [0.4, 0.5) is 0 Å². The third kappa shape index (κ3) is 10.3. The van der Waals surface area contributed by atoms with Crippen molar-refractivity contribution < 1.29 is 0 Å². The summed E-state index contributed by atoms with van der Waals surface area (Å²) in [4.78, 5) is 56.6. The maximum Gasteiger partial charge on any atom is 0.165 e. The van der Waals surface area contributed by atoms with Gasteiger partial charge in [-0.2, -0.15) is 0 Å². The predicted molar refractivity (Wildman–Crippen MR) is 559 cm³/mol. The number of nitrogens with zero attached hydrogens (tertiary/aromatic N) is 16. The monoisotopic (exact) mass is 1780 g/mol. The average Bonchev–Trinajstić information content (AvgIpc) is 1.55. The van der Waals surface area contributed by atoms with Crippen molar-refractivity contribution in [3.8, 4) is 89.0 Å². The van der Waals surface area contributed by atoms with Crippen LogP contribution in [-0.2, 0) is 51.4 Å². The summed E-state index contributed by atoms with van der Waals surface area (Å²) in [6.45, 7) is 0. The molecule has 0 unspecified atom stereocenters. The summed E-state index contributed by atoms with van der Waals surface area (Å²) >= 11 is 0. The topological polar surface area (TPSA) is 172 Å². The number of rotatable bonds is 0. The average molecular weight is 1790 g/mol. The maximum atomic E-state index is 5.16. The van der Waals surface area contributed by atoms with Crippen LogP contribution in [0.1, 0.15) is 89.0 Å². The molecule has 16 heterocycles. The molecule has 36 rings (SSSR count). The molecule has 0 atom stereocenters. The van der Waals surface area contributed by atoms with E-state index < -0.39 is 0 Å². The Hall–Kier alpha value is -18.3. The van der Waals surface area contributed by atoms with Crippen LogP contribution in [-0.4, -0.2) is 77.4 Å². The molecule has 0 bridgehead atoms. The van der Waals surface area contributed by atoms with E-state index in [1.807, 2.05) is 98.9 Å². The molecule has 0 radical (unpaired) electrons. The Morgan fingerprint density at radius 3 is 0.871 bits per heavy atom. The van der Waals surface area contributed by atoms with Crippen LogP contribution in [0, 0.1) is 0 Å². The minimum atomic E-state index is 0.907. The zero-order valence-electron chi connectivity index (χ0n) is 75.1. The molecule has 8 aliphatic carbocycles. The minimum absolute atomic E-state index is 0.907. The lowest BCUT2D eigenvalue weighted by Gasteiger charge is -2.11.